The first kappa shape index (κ1) is 14.7. The van der Waals surface area contributed by atoms with Crippen LogP contribution in [0.5, 0.6) is 0 Å². The molecule has 4 N–H and O–H groups in total. The Balaban J connectivity index is 2.12. The van der Waals surface area contributed by atoms with Crippen LogP contribution in [0.25, 0.3) is 5.70 Å². The van der Waals surface area contributed by atoms with Gasteiger partial charge in [-0.3, -0.25) is 0 Å². The molecule has 0 fully saturated rings. The molecule has 108 valence electrons. The predicted octanol–water partition coefficient (Wildman–Crippen LogP) is 3.32. The third-order valence-corrected chi connectivity index (χ3v) is 3.20. The molecule has 2 aromatic rings. The van der Waals surface area contributed by atoms with Crippen LogP contribution in [0, 0.1) is 0 Å². The Morgan fingerprint density at radius 3 is 2.52 bits per heavy atom. The summed E-state index contributed by atoms with van der Waals surface area (Å²) in [5.74, 6) is -0.953. The van der Waals surface area contributed by atoms with E-state index in [4.69, 9.17) is 10.8 Å². The number of carboxylic acids is 1. The third-order valence-electron chi connectivity index (χ3n) is 3.20. The molecule has 0 bridgehead atoms. The van der Waals surface area contributed by atoms with Gasteiger partial charge in [0, 0.05) is 11.9 Å². The first-order chi connectivity index (χ1) is 10.1. The van der Waals surface area contributed by atoms with Crippen molar-refractivity contribution in [1.82, 2.24) is 0 Å². The van der Waals surface area contributed by atoms with Gasteiger partial charge in [0.2, 0.25) is 0 Å². The maximum absolute atomic E-state index is 10.9. The van der Waals surface area contributed by atoms with Gasteiger partial charge in [-0.2, -0.15) is 0 Å². The largest absolute Gasteiger partial charge is 0.478 e. The molecule has 0 aliphatic heterocycles. The molecule has 2 rings (SSSR count). The van der Waals surface area contributed by atoms with Gasteiger partial charge in [0.1, 0.15) is 0 Å². The number of nitrogens with one attached hydrogen (secondary N) is 1. The number of hydrogen-bond donors (Lipinski definition) is 3. The average molecular weight is 282 g/mol. The molecule has 0 heterocycles. The molecule has 0 aliphatic rings. The summed E-state index contributed by atoms with van der Waals surface area (Å²) in [5.41, 5.74) is 9.71. The topological polar surface area (TPSA) is 75.3 Å². The van der Waals surface area contributed by atoms with Crippen molar-refractivity contribution < 1.29 is 9.90 Å². The second kappa shape index (κ2) is 6.61. The van der Waals surface area contributed by atoms with Crippen LogP contribution >= 0.6 is 0 Å². The highest BCUT2D eigenvalue weighted by molar-refractivity contribution is 5.88. The van der Waals surface area contributed by atoms with Crippen LogP contribution in [-0.4, -0.2) is 11.1 Å². The van der Waals surface area contributed by atoms with E-state index in [0.717, 1.165) is 12.0 Å². The zero-order chi connectivity index (χ0) is 15.2. The fraction of sp³-hybridized carbons (Fsp3) is 0.118. The fourth-order valence-corrected chi connectivity index (χ4v) is 1.92. The first-order valence-corrected chi connectivity index (χ1v) is 6.75. The molecule has 4 heteroatoms. The number of hydrogen-bond acceptors (Lipinski definition) is 3. The van der Waals surface area contributed by atoms with Crippen molar-refractivity contribution in [3.8, 4) is 0 Å². The highest BCUT2D eigenvalue weighted by Gasteiger charge is 2.02. The number of carbonyl (C=O) groups is 1. The summed E-state index contributed by atoms with van der Waals surface area (Å²) in [5, 5.41) is 12.0. The van der Waals surface area contributed by atoms with Gasteiger partial charge >= 0.3 is 5.97 Å². The standard InChI is InChI=1S/C17H18N2O2/c1-2-12-6-8-13(9-7-12)16(18)11-19-15-5-3-4-14(10-15)17(20)21/h3-11,19H,2,18H2,1H3,(H,20,21)/b16-11-. The van der Waals surface area contributed by atoms with E-state index in [0.29, 0.717) is 11.4 Å². The Labute approximate surface area is 123 Å². The SMILES string of the molecule is CCc1ccc(/C(N)=C/Nc2cccc(C(=O)O)c2)cc1. The minimum absolute atomic E-state index is 0.235. The van der Waals surface area contributed by atoms with Gasteiger partial charge in [0.05, 0.1) is 11.3 Å². The van der Waals surface area contributed by atoms with Crippen molar-refractivity contribution >= 4 is 17.4 Å². The van der Waals surface area contributed by atoms with E-state index >= 15 is 0 Å². The molecule has 0 saturated heterocycles. The normalized spacial score (nSPS) is 11.2. The van der Waals surface area contributed by atoms with Crippen LogP contribution < -0.4 is 11.1 Å². The van der Waals surface area contributed by atoms with Crippen LogP contribution in [0.2, 0.25) is 0 Å². The van der Waals surface area contributed by atoms with E-state index in [1.807, 2.05) is 24.3 Å². The maximum atomic E-state index is 10.9. The second-order valence-electron chi connectivity index (χ2n) is 4.68. The maximum Gasteiger partial charge on any atom is 0.335 e. The lowest BCUT2D eigenvalue weighted by atomic mass is 10.1. The molecule has 0 spiro atoms. The Kier molecular flexibility index (Phi) is 4.61. The number of carboxylic acid groups (broad SMARTS) is 1. The lowest BCUT2D eigenvalue weighted by Crippen LogP contribution is -2.01. The molecule has 2 aromatic carbocycles. The summed E-state index contributed by atoms with van der Waals surface area (Å²) in [6.07, 6.45) is 2.66. The first-order valence-electron chi connectivity index (χ1n) is 6.75. The van der Waals surface area contributed by atoms with Gasteiger partial charge in [0.15, 0.2) is 0 Å². The zero-order valence-corrected chi connectivity index (χ0v) is 11.8. The van der Waals surface area contributed by atoms with Gasteiger partial charge in [-0.25, -0.2) is 4.79 Å². The van der Waals surface area contributed by atoms with Gasteiger partial charge in [-0.1, -0.05) is 37.3 Å². The summed E-state index contributed by atoms with van der Waals surface area (Å²) in [7, 11) is 0. The molecule has 4 nitrogen and oxygen atoms in total. The summed E-state index contributed by atoms with van der Waals surface area (Å²) in [6, 6.07) is 14.6. The molecule has 21 heavy (non-hydrogen) atoms. The van der Waals surface area contributed by atoms with Gasteiger partial charge < -0.3 is 16.2 Å². The fourth-order valence-electron chi connectivity index (χ4n) is 1.92. The predicted molar refractivity (Wildman–Crippen MR) is 85.0 cm³/mol. The average Bonchev–Trinajstić information content (AvgIpc) is 2.53. The van der Waals surface area contributed by atoms with Crippen LogP contribution in [0.4, 0.5) is 5.69 Å². The number of rotatable bonds is 5. The van der Waals surface area contributed by atoms with Gasteiger partial charge in [0.25, 0.3) is 0 Å². The molecule has 0 unspecified atom stereocenters. The van der Waals surface area contributed by atoms with E-state index in [2.05, 4.69) is 12.2 Å². The van der Waals surface area contributed by atoms with Crippen molar-refractivity contribution in [3.05, 3.63) is 71.4 Å². The number of nitrogens with two attached hydrogens (primary N) is 1. The minimum atomic E-state index is -0.953. The zero-order valence-electron chi connectivity index (χ0n) is 11.8. The molecule has 0 aliphatic carbocycles. The number of aryl methyl sites for hydroxylation is 1. The Hall–Kier alpha value is -2.75. The Morgan fingerprint density at radius 2 is 1.90 bits per heavy atom. The molecular formula is C17H18N2O2. The smallest absolute Gasteiger partial charge is 0.335 e. The van der Waals surface area contributed by atoms with Crippen molar-refractivity contribution in [2.24, 2.45) is 5.73 Å². The van der Waals surface area contributed by atoms with Gasteiger partial charge in [-0.15, -0.1) is 0 Å². The monoisotopic (exact) mass is 282 g/mol. The van der Waals surface area contributed by atoms with Crippen molar-refractivity contribution in [2.45, 2.75) is 13.3 Å². The Morgan fingerprint density at radius 1 is 1.19 bits per heavy atom. The molecule has 0 radical (unpaired) electrons. The number of aromatic carboxylic acids is 1. The van der Waals surface area contributed by atoms with E-state index < -0.39 is 5.97 Å². The van der Waals surface area contributed by atoms with Crippen LogP contribution in [0.15, 0.2) is 54.7 Å². The minimum Gasteiger partial charge on any atom is -0.478 e. The summed E-state index contributed by atoms with van der Waals surface area (Å²) >= 11 is 0. The lowest BCUT2D eigenvalue weighted by molar-refractivity contribution is 0.0697. The van der Waals surface area contributed by atoms with E-state index in [1.54, 1.807) is 30.5 Å². The van der Waals surface area contributed by atoms with E-state index in [1.165, 1.54) is 5.56 Å². The number of benzene rings is 2. The molecular weight excluding hydrogens is 264 g/mol. The summed E-state index contributed by atoms with van der Waals surface area (Å²) in [6.45, 7) is 2.10. The highest BCUT2D eigenvalue weighted by Crippen LogP contribution is 2.14. The highest BCUT2D eigenvalue weighted by atomic mass is 16.4. The van der Waals surface area contributed by atoms with Crippen LogP contribution in [0.1, 0.15) is 28.4 Å². The summed E-state index contributed by atoms with van der Waals surface area (Å²) in [4.78, 5) is 10.9. The quantitative estimate of drug-likeness (QED) is 0.786. The molecule has 0 amide bonds. The molecule has 0 saturated carbocycles. The van der Waals surface area contributed by atoms with E-state index in [9.17, 15) is 4.79 Å². The molecule has 0 atom stereocenters. The second-order valence-corrected chi connectivity index (χ2v) is 4.68. The lowest BCUT2D eigenvalue weighted by Gasteiger charge is -2.06. The Bertz CT molecular complexity index is 661. The number of anilines is 1. The van der Waals surface area contributed by atoms with Gasteiger partial charge in [-0.05, 0) is 35.7 Å². The third kappa shape index (κ3) is 3.86. The van der Waals surface area contributed by atoms with Crippen LogP contribution in [-0.2, 0) is 6.42 Å². The molecule has 0 aromatic heterocycles. The van der Waals surface area contributed by atoms with E-state index in [-0.39, 0.29) is 5.56 Å². The summed E-state index contributed by atoms with van der Waals surface area (Å²) < 4.78 is 0. The van der Waals surface area contributed by atoms with Crippen molar-refractivity contribution in [2.75, 3.05) is 5.32 Å². The van der Waals surface area contributed by atoms with Crippen LogP contribution in [0.3, 0.4) is 0 Å². The van der Waals surface area contributed by atoms with Crippen molar-refractivity contribution in [3.63, 3.8) is 0 Å². The van der Waals surface area contributed by atoms with Crippen molar-refractivity contribution in [1.29, 1.82) is 0 Å².